The molecule has 0 aliphatic heterocycles. The molecule has 1 nitrogen and oxygen atoms in total. The summed E-state index contributed by atoms with van der Waals surface area (Å²) < 4.78 is 0. The number of rotatable bonds is 5. The highest BCUT2D eigenvalue weighted by Gasteiger charge is 1.97. The van der Waals surface area contributed by atoms with Crippen molar-refractivity contribution in [3.8, 4) is 0 Å². The van der Waals surface area contributed by atoms with Gasteiger partial charge in [0.15, 0.2) is 0 Å². The third-order valence-electron chi connectivity index (χ3n) is 2.57. The van der Waals surface area contributed by atoms with Crippen LogP contribution in [0.2, 0.25) is 0 Å². The Bertz CT molecular complexity index is 436. The Hall–Kier alpha value is -1.25. The van der Waals surface area contributed by atoms with Crippen molar-refractivity contribution in [2.75, 3.05) is 6.54 Å². The van der Waals surface area contributed by atoms with Gasteiger partial charge in [0, 0.05) is 9.79 Å². The molecule has 0 atom stereocenters. The van der Waals surface area contributed by atoms with E-state index in [0.717, 1.165) is 19.4 Å². The molecule has 2 N–H and O–H groups in total. The van der Waals surface area contributed by atoms with Gasteiger partial charge >= 0.3 is 0 Å². The van der Waals surface area contributed by atoms with Gasteiger partial charge in [-0.05, 0) is 49.2 Å². The molecule has 0 saturated heterocycles. The second-order valence-electron chi connectivity index (χ2n) is 3.95. The molecule has 0 amide bonds. The molecule has 0 saturated carbocycles. The van der Waals surface area contributed by atoms with Crippen LogP contribution in [-0.2, 0) is 6.42 Å². The molecule has 2 aromatic rings. The first-order chi connectivity index (χ1) is 8.38. The number of hydrogen-bond acceptors (Lipinski definition) is 2. The molecule has 88 valence electrons. The fourth-order valence-electron chi connectivity index (χ4n) is 1.65. The molecular weight excluding hydrogens is 226 g/mol. The Kier molecular flexibility index (Phi) is 4.65. The quantitative estimate of drug-likeness (QED) is 0.866. The van der Waals surface area contributed by atoms with E-state index in [1.807, 2.05) is 6.07 Å². The van der Waals surface area contributed by atoms with Crippen molar-refractivity contribution in [1.29, 1.82) is 0 Å². The van der Waals surface area contributed by atoms with Gasteiger partial charge in [0.05, 0.1) is 0 Å². The Balaban J connectivity index is 1.98. The highest BCUT2D eigenvalue weighted by atomic mass is 32.2. The van der Waals surface area contributed by atoms with E-state index < -0.39 is 0 Å². The zero-order valence-corrected chi connectivity index (χ0v) is 10.6. The molecule has 0 fully saturated rings. The van der Waals surface area contributed by atoms with E-state index in [0.29, 0.717) is 0 Å². The first kappa shape index (κ1) is 12.2. The van der Waals surface area contributed by atoms with Crippen LogP contribution in [0.1, 0.15) is 12.0 Å². The predicted octanol–water partition coefficient (Wildman–Crippen LogP) is 3.73. The largest absolute Gasteiger partial charge is 0.330 e. The van der Waals surface area contributed by atoms with Crippen molar-refractivity contribution in [3.05, 3.63) is 60.2 Å². The molecular formula is C15H17NS. The minimum Gasteiger partial charge on any atom is -0.330 e. The lowest BCUT2D eigenvalue weighted by Crippen LogP contribution is -2.00. The lowest BCUT2D eigenvalue weighted by molar-refractivity contribution is 0.832. The summed E-state index contributed by atoms with van der Waals surface area (Å²) in [6.45, 7) is 0.764. The van der Waals surface area contributed by atoms with Crippen molar-refractivity contribution < 1.29 is 0 Å². The minimum atomic E-state index is 0.764. The third kappa shape index (κ3) is 3.91. The van der Waals surface area contributed by atoms with Gasteiger partial charge in [-0.3, -0.25) is 0 Å². The number of hydrogen-bond donors (Lipinski definition) is 1. The maximum Gasteiger partial charge on any atom is 0.0122 e. The molecule has 0 spiro atoms. The molecule has 2 rings (SSSR count). The van der Waals surface area contributed by atoms with Crippen molar-refractivity contribution >= 4 is 11.8 Å². The zero-order valence-electron chi connectivity index (χ0n) is 9.80. The first-order valence-electron chi connectivity index (χ1n) is 5.90. The van der Waals surface area contributed by atoms with Crippen molar-refractivity contribution in [3.63, 3.8) is 0 Å². The standard InChI is InChI=1S/C15H17NS/c16-12-4-5-13-8-10-15(11-9-13)17-14-6-2-1-3-7-14/h1-3,6-11H,4-5,12,16H2. The molecule has 0 radical (unpaired) electrons. The van der Waals surface area contributed by atoms with Gasteiger partial charge in [-0.25, -0.2) is 0 Å². The van der Waals surface area contributed by atoms with E-state index in [-0.39, 0.29) is 0 Å². The highest BCUT2D eigenvalue weighted by molar-refractivity contribution is 7.99. The van der Waals surface area contributed by atoms with Crippen LogP contribution >= 0.6 is 11.8 Å². The van der Waals surface area contributed by atoms with Crippen LogP contribution in [0.15, 0.2) is 64.4 Å². The molecule has 17 heavy (non-hydrogen) atoms. The lowest BCUT2D eigenvalue weighted by Gasteiger charge is -2.03. The summed E-state index contributed by atoms with van der Waals surface area (Å²) in [5, 5.41) is 0. The Morgan fingerprint density at radius 2 is 1.47 bits per heavy atom. The van der Waals surface area contributed by atoms with Gasteiger partial charge in [-0.1, -0.05) is 42.1 Å². The number of benzene rings is 2. The summed E-state index contributed by atoms with van der Waals surface area (Å²) in [6.07, 6.45) is 2.14. The summed E-state index contributed by atoms with van der Waals surface area (Å²) >= 11 is 1.80. The second kappa shape index (κ2) is 6.48. The maximum atomic E-state index is 5.50. The summed E-state index contributed by atoms with van der Waals surface area (Å²) in [7, 11) is 0. The fourth-order valence-corrected chi connectivity index (χ4v) is 2.49. The Labute approximate surface area is 107 Å². The molecule has 0 heterocycles. The van der Waals surface area contributed by atoms with Crippen LogP contribution in [0.5, 0.6) is 0 Å². The average Bonchev–Trinajstić information content (AvgIpc) is 2.39. The van der Waals surface area contributed by atoms with Crippen molar-refractivity contribution in [2.24, 2.45) is 5.73 Å². The van der Waals surface area contributed by atoms with Gasteiger partial charge < -0.3 is 5.73 Å². The van der Waals surface area contributed by atoms with E-state index in [1.54, 1.807) is 11.8 Å². The molecule has 2 aromatic carbocycles. The second-order valence-corrected chi connectivity index (χ2v) is 5.10. The van der Waals surface area contributed by atoms with Gasteiger partial charge in [0.1, 0.15) is 0 Å². The molecule has 0 aromatic heterocycles. The van der Waals surface area contributed by atoms with E-state index in [1.165, 1.54) is 15.4 Å². The van der Waals surface area contributed by atoms with Crippen LogP contribution in [0.3, 0.4) is 0 Å². The number of nitrogens with two attached hydrogens (primary N) is 1. The molecule has 0 unspecified atom stereocenters. The summed E-state index contributed by atoms with van der Waals surface area (Å²) in [6, 6.07) is 19.2. The van der Waals surface area contributed by atoms with E-state index in [9.17, 15) is 0 Å². The van der Waals surface area contributed by atoms with Crippen LogP contribution < -0.4 is 5.73 Å². The lowest BCUT2D eigenvalue weighted by atomic mass is 10.1. The number of aryl methyl sites for hydroxylation is 1. The van der Waals surface area contributed by atoms with Crippen LogP contribution in [0.4, 0.5) is 0 Å². The summed E-state index contributed by atoms with van der Waals surface area (Å²) in [5.41, 5.74) is 6.87. The van der Waals surface area contributed by atoms with E-state index in [4.69, 9.17) is 5.73 Å². The Morgan fingerprint density at radius 1 is 0.824 bits per heavy atom. The predicted molar refractivity (Wildman–Crippen MR) is 74.4 cm³/mol. The van der Waals surface area contributed by atoms with Crippen molar-refractivity contribution in [1.82, 2.24) is 0 Å². The van der Waals surface area contributed by atoms with Gasteiger partial charge in [0.25, 0.3) is 0 Å². The average molecular weight is 243 g/mol. The molecule has 2 heteroatoms. The van der Waals surface area contributed by atoms with E-state index in [2.05, 4.69) is 48.5 Å². The van der Waals surface area contributed by atoms with Crippen LogP contribution in [0, 0.1) is 0 Å². The Morgan fingerprint density at radius 3 is 2.12 bits per heavy atom. The van der Waals surface area contributed by atoms with Gasteiger partial charge in [-0.2, -0.15) is 0 Å². The van der Waals surface area contributed by atoms with Crippen LogP contribution in [-0.4, -0.2) is 6.54 Å². The van der Waals surface area contributed by atoms with Crippen molar-refractivity contribution in [2.45, 2.75) is 22.6 Å². The van der Waals surface area contributed by atoms with Gasteiger partial charge in [0.2, 0.25) is 0 Å². The third-order valence-corrected chi connectivity index (χ3v) is 3.59. The smallest absolute Gasteiger partial charge is 0.0122 e. The molecule has 0 aliphatic rings. The first-order valence-corrected chi connectivity index (χ1v) is 6.72. The fraction of sp³-hybridized carbons (Fsp3) is 0.200. The summed E-state index contributed by atoms with van der Waals surface area (Å²) in [4.78, 5) is 2.56. The summed E-state index contributed by atoms with van der Waals surface area (Å²) in [5.74, 6) is 0. The molecule has 0 aliphatic carbocycles. The molecule has 0 bridgehead atoms. The minimum absolute atomic E-state index is 0.764. The van der Waals surface area contributed by atoms with E-state index >= 15 is 0 Å². The highest BCUT2D eigenvalue weighted by Crippen LogP contribution is 2.27. The van der Waals surface area contributed by atoms with Crippen LogP contribution in [0.25, 0.3) is 0 Å². The SMILES string of the molecule is NCCCc1ccc(Sc2ccccc2)cc1. The topological polar surface area (TPSA) is 26.0 Å². The van der Waals surface area contributed by atoms with Gasteiger partial charge in [-0.15, -0.1) is 0 Å². The monoisotopic (exact) mass is 243 g/mol. The normalized spacial score (nSPS) is 10.4. The maximum absolute atomic E-state index is 5.50. The zero-order chi connectivity index (χ0) is 11.9.